The van der Waals surface area contributed by atoms with Crippen LogP contribution < -0.4 is 0 Å². The van der Waals surface area contributed by atoms with Crippen LogP contribution in [0, 0.1) is 0 Å². The van der Waals surface area contributed by atoms with Crippen LogP contribution >= 0.6 is 0 Å². The van der Waals surface area contributed by atoms with E-state index >= 15 is 0 Å². The molecule has 0 amide bonds. The Kier molecular flexibility index (Phi) is 3.29. The second-order valence-electron chi connectivity index (χ2n) is 3.01. The van der Waals surface area contributed by atoms with Crippen molar-refractivity contribution in [1.82, 2.24) is 0 Å². The molecule has 0 saturated carbocycles. The molecule has 3 heteroatoms. The van der Waals surface area contributed by atoms with E-state index in [1.165, 1.54) is 0 Å². The summed E-state index contributed by atoms with van der Waals surface area (Å²) in [5.74, 6) is -0.894. The third-order valence-corrected chi connectivity index (χ3v) is 1.94. The molecule has 0 heterocycles. The molecule has 0 spiro atoms. The summed E-state index contributed by atoms with van der Waals surface area (Å²) in [6.45, 7) is 1.56. The molecule has 2 unspecified atom stereocenters. The van der Waals surface area contributed by atoms with Crippen LogP contribution in [0.15, 0.2) is 12.2 Å². The molecule has 0 bridgehead atoms. The predicted molar refractivity (Wildman–Crippen MR) is 45.0 cm³/mol. The fourth-order valence-electron chi connectivity index (χ4n) is 1.21. The van der Waals surface area contributed by atoms with Gasteiger partial charge >= 0.3 is 5.97 Å². The van der Waals surface area contributed by atoms with Crippen molar-refractivity contribution < 1.29 is 14.6 Å². The summed E-state index contributed by atoms with van der Waals surface area (Å²) in [5, 5.41) is 8.56. The lowest BCUT2D eigenvalue weighted by atomic mass is 10.1. The van der Waals surface area contributed by atoms with Crippen molar-refractivity contribution in [3.05, 3.63) is 12.2 Å². The Morgan fingerprint density at radius 2 is 2.50 bits per heavy atom. The number of ether oxygens (including phenoxy) is 1. The van der Waals surface area contributed by atoms with Gasteiger partial charge in [-0.05, 0) is 26.2 Å². The van der Waals surface area contributed by atoms with Crippen molar-refractivity contribution in [2.24, 2.45) is 0 Å². The monoisotopic (exact) mass is 170 g/mol. The third kappa shape index (κ3) is 2.66. The fourth-order valence-corrected chi connectivity index (χ4v) is 1.21. The number of carboxylic acid groups (broad SMARTS) is 1. The number of allylic oxidation sites excluding steroid dienone is 1. The first-order valence-electron chi connectivity index (χ1n) is 4.25. The van der Waals surface area contributed by atoms with E-state index in [4.69, 9.17) is 9.84 Å². The topological polar surface area (TPSA) is 46.5 Å². The highest BCUT2D eigenvalue weighted by molar-refractivity contribution is 5.71. The largest absolute Gasteiger partial charge is 0.479 e. The summed E-state index contributed by atoms with van der Waals surface area (Å²) in [4.78, 5) is 10.4. The van der Waals surface area contributed by atoms with E-state index in [1.807, 2.05) is 12.2 Å². The molecule has 0 fully saturated rings. The molecule has 0 radical (unpaired) electrons. The lowest BCUT2D eigenvalue weighted by Crippen LogP contribution is -2.26. The molecule has 0 aromatic rings. The minimum absolute atomic E-state index is 0.00449. The van der Waals surface area contributed by atoms with E-state index in [2.05, 4.69) is 0 Å². The molecule has 68 valence electrons. The quantitative estimate of drug-likeness (QED) is 0.654. The molecule has 12 heavy (non-hydrogen) atoms. The Labute approximate surface area is 72.0 Å². The summed E-state index contributed by atoms with van der Waals surface area (Å²) < 4.78 is 5.27. The lowest BCUT2D eigenvalue weighted by Gasteiger charge is -2.19. The van der Waals surface area contributed by atoms with Crippen LogP contribution in [0.25, 0.3) is 0 Å². The normalized spacial score (nSPS) is 25.2. The van der Waals surface area contributed by atoms with Crippen LogP contribution in [0.4, 0.5) is 0 Å². The van der Waals surface area contributed by atoms with Gasteiger partial charge in [-0.1, -0.05) is 12.2 Å². The van der Waals surface area contributed by atoms with Crippen molar-refractivity contribution in [1.29, 1.82) is 0 Å². The first-order chi connectivity index (χ1) is 5.70. The minimum atomic E-state index is -0.894. The summed E-state index contributed by atoms with van der Waals surface area (Å²) in [5.41, 5.74) is 0. The molecule has 2 atom stereocenters. The van der Waals surface area contributed by atoms with E-state index in [0.717, 1.165) is 19.3 Å². The Hall–Kier alpha value is -0.830. The second-order valence-corrected chi connectivity index (χ2v) is 3.01. The van der Waals surface area contributed by atoms with Crippen LogP contribution in [0.1, 0.15) is 26.2 Å². The van der Waals surface area contributed by atoms with E-state index in [1.54, 1.807) is 6.92 Å². The highest BCUT2D eigenvalue weighted by Gasteiger charge is 2.17. The number of carbonyl (C=O) groups is 1. The van der Waals surface area contributed by atoms with Gasteiger partial charge in [0.15, 0.2) is 6.10 Å². The summed E-state index contributed by atoms with van der Waals surface area (Å²) in [6.07, 6.45) is 6.41. The van der Waals surface area contributed by atoms with Gasteiger partial charge in [0.05, 0.1) is 6.10 Å². The Balaban J connectivity index is 2.34. The minimum Gasteiger partial charge on any atom is -0.479 e. The van der Waals surface area contributed by atoms with Gasteiger partial charge in [0.2, 0.25) is 0 Å². The van der Waals surface area contributed by atoms with Crippen LogP contribution in [0.2, 0.25) is 0 Å². The van der Waals surface area contributed by atoms with Gasteiger partial charge in [0.1, 0.15) is 0 Å². The van der Waals surface area contributed by atoms with Crippen LogP contribution in [0.3, 0.4) is 0 Å². The molecule has 1 rings (SSSR count). The van der Waals surface area contributed by atoms with E-state index in [9.17, 15) is 4.79 Å². The average Bonchev–Trinajstić information content (AvgIpc) is 2.06. The molecule has 1 aliphatic rings. The smallest absolute Gasteiger partial charge is 0.332 e. The van der Waals surface area contributed by atoms with E-state index in [0.29, 0.717) is 0 Å². The molecule has 1 aliphatic carbocycles. The Morgan fingerprint density at radius 1 is 1.75 bits per heavy atom. The van der Waals surface area contributed by atoms with Gasteiger partial charge in [-0.2, -0.15) is 0 Å². The average molecular weight is 170 g/mol. The molecular formula is C9H14O3. The fraction of sp³-hybridized carbons (Fsp3) is 0.667. The first-order valence-corrected chi connectivity index (χ1v) is 4.25. The summed E-state index contributed by atoms with van der Waals surface area (Å²) in [7, 11) is 0. The number of rotatable bonds is 3. The molecule has 0 aliphatic heterocycles. The predicted octanol–water partition coefficient (Wildman–Crippen LogP) is 1.58. The summed E-state index contributed by atoms with van der Waals surface area (Å²) in [6, 6.07) is 0. The zero-order chi connectivity index (χ0) is 8.97. The van der Waals surface area contributed by atoms with E-state index < -0.39 is 12.1 Å². The maximum Gasteiger partial charge on any atom is 0.332 e. The number of aliphatic carboxylic acids is 1. The van der Waals surface area contributed by atoms with Crippen molar-refractivity contribution >= 4 is 5.97 Å². The third-order valence-electron chi connectivity index (χ3n) is 1.94. The SMILES string of the molecule is CC(OC1C=CCCC1)C(=O)O. The van der Waals surface area contributed by atoms with Gasteiger partial charge in [-0.25, -0.2) is 4.79 Å². The van der Waals surface area contributed by atoms with Crippen LogP contribution in [-0.2, 0) is 9.53 Å². The number of hydrogen-bond donors (Lipinski definition) is 1. The van der Waals surface area contributed by atoms with Crippen LogP contribution in [-0.4, -0.2) is 23.3 Å². The van der Waals surface area contributed by atoms with Crippen molar-refractivity contribution in [3.8, 4) is 0 Å². The Bertz CT molecular complexity index is 186. The lowest BCUT2D eigenvalue weighted by molar-refractivity contribution is -0.151. The molecular weight excluding hydrogens is 156 g/mol. The van der Waals surface area contributed by atoms with Crippen LogP contribution in [0.5, 0.6) is 0 Å². The molecule has 0 saturated heterocycles. The first kappa shape index (κ1) is 9.26. The van der Waals surface area contributed by atoms with Crippen molar-refractivity contribution in [2.45, 2.75) is 38.4 Å². The maximum absolute atomic E-state index is 10.4. The number of carboxylic acids is 1. The summed E-state index contributed by atoms with van der Waals surface area (Å²) >= 11 is 0. The van der Waals surface area contributed by atoms with Gasteiger partial charge < -0.3 is 9.84 Å². The molecule has 0 aromatic carbocycles. The zero-order valence-electron chi connectivity index (χ0n) is 7.19. The molecule has 1 N–H and O–H groups in total. The number of hydrogen-bond acceptors (Lipinski definition) is 2. The van der Waals surface area contributed by atoms with Gasteiger partial charge in [-0.3, -0.25) is 0 Å². The highest BCUT2D eigenvalue weighted by atomic mass is 16.5. The Morgan fingerprint density at radius 3 is 3.00 bits per heavy atom. The van der Waals surface area contributed by atoms with Gasteiger partial charge in [-0.15, -0.1) is 0 Å². The maximum atomic E-state index is 10.4. The second kappa shape index (κ2) is 4.26. The standard InChI is InChI=1S/C9H14O3/c1-7(9(10)11)12-8-5-3-2-4-6-8/h3,5,7-8H,2,4,6H2,1H3,(H,10,11). The van der Waals surface area contributed by atoms with Crippen molar-refractivity contribution in [3.63, 3.8) is 0 Å². The van der Waals surface area contributed by atoms with Crippen molar-refractivity contribution in [2.75, 3.05) is 0 Å². The van der Waals surface area contributed by atoms with Gasteiger partial charge in [0, 0.05) is 0 Å². The van der Waals surface area contributed by atoms with E-state index in [-0.39, 0.29) is 6.10 Å². The highest BCUT2D eigenvalue weighted by Crippen LogP contribution is 2.14. The molecule has 3 nitrogen and oxygen atoms in total. The van der Waals surface area contributed by atoms with Gasteiger partial charge in [0.25, 0.3) is 0 Å². The zero-order valence-corrected chi connectivity index (χ0v) is 7.19. The molecule has 0 aromatic heterocycles.